The highest BCUT2D eigenvalue weighted by Gasteiger charge is 2.70. The second kappa shape index (κ2) is 7.39. The second-order valence-corrected chi connectivity index (χ2v) is 8.67. The first-order chi connectivity index (χ1) is 12.5. The van der Waals surface area contributed by atoms with E-state index in [0.717, 1.165) is 11.3 Å². The van der Waals surface area contributed by atoms with Crippen LogP contribution in [0.2, 0.25) is 0 Å². The molecule has 0 unspecified atom stereocenters. The van der Waals surface area contributed by atoms with Crippen molar-refractivity contribution in [3.8, 4) is 5.75 Å². The number of benzene rings is 2. The predicted molar refractivity (Wildman–Crippen MR) is 101 cm³/mol. The molecule has 0 spiro atoms. The summed E-state index contributed by atoms with van der Waals surface area (Å²) in [5, 5.41) is -0.595. The van der Waals surface area contributed by atoms with Crippen molar-refractivity contribution in [3.05, 3.63) is 60.2 Å². The predicted octanol–water partition coefficient (Wildman–Crippen LogP) is 2.62. The SMILES string of the molecule is CCOC[C@]1(CN)[C@H](c2ccc(OC)cc2)[C@@H]1S(=O)(=O)c1ccccc1. The lowest BCUT2D eigenvalue weighted by atomic mass is 10.00. The molecule has 0 aromatic heterocycles. The van der Waals surface area contributed by atoms with Crippen molar-refractivity contribution in [1.82, 2.24) is 0 Å². The van der Waals surface area contributed by atoms with Gasteiger partial charge in [0.05, 0.1) is 23.9 Å². The molecule has 0 saturated heterocycles. The van der Waals surface area contributed by atoms with Gasteiger partial charge in [-0.1, -0.05) is 30.3 Å². The van der Waals surface area contributed by atoms with Gasteiger partial charge in [0, 0.05) is 24.5 Å². The maximum Gasteiger partial charge on any atom is 0.182 e. The molecule has 3 atom stereocenters. The lowest BCUT2D eigenvalue weighted by Crippen LogP contribution is -2.29. The summed E-state index contributed by atoms with van der Waals surface area (Å²) in [4.78, 5) is 0.329. The fourth-order valence-corrected chi connectivity index (χ4v) is 6.25. The molecule has 3 rings (SSSR count). The van der Waals surface area contributed by atoms with Gasteiger partial charge in [0.1, 0.15) is 5.75 Å². The molecule has 2 aromatic carbocycles. The lowest BCUT2D eigenvalue weighted by molar-refractivity contribution is 0.101. The molecular weight excluding hydrogens is 350 g/mol. The van der Waals surface area contributed by atoms with Crippen LogP contribution in [-0.2, 0) is 14.6 Å². The number of hydrogen-bond acceptors (Lipinski definition) is 5. The molecule has 140 valence electrons. The van der Waals surface area contributed by atoms with E-state index < -0.39 is 20.5 Å². The van der Waals surface area contributed by atoms with Crippen molar-refractivity contribution in [2.24, 2.45) is 11.1 Å². The number of rotatable bonds is 8. The van der Waals surface area contributed by atoms with Gasteiger partial charge in [-0.2, -0.15) is 0 Å². The van der Waals surface area contributed by atoms with Crippen molar-refractivity contribution in [2.75, 3.05) is 26.9 Å². The zero-order chi connectivity index (χ0) is 18.8. The van der Waals surface area contributed by atoms with Crippen LogP contribution in [0.3, 0.4) is 0 Å². The number of hydrogen-bond donors (Lipinski definition) is 1. The van der Waals surface area contributed by atoms with E-state index in [1.54, 1.807) is 31.4 Å². The van der Waals surface area contributed by atoms with Gasteiger partial charge in [0.25, 0.3) is 0 Å². The van der Waals surface area contributed by atoms with Crippen LogP contribution in [0.4, 0.5) is 0 Å². The van der Waals surface area contributed by atoms with Gasteiger partial charge in [-0.3, -0.25) is 0 Å². The summed E-state index contributed by atoms with van der Waals surface area (Å²) in [6.45, 7) is 3.00. The first kappa shape index (κ1) is 18.9. The van der Waals surface area contributed by atoms with Gasteiger partial charge in [0.15, 0.2) is 9.84 Å². The minimum atomic E-state index is -3.52. The Bertz CT molecular complexity index is 836. The van der Waals surface area contributed by atoms with Crippen LogP contribution in [0.1, 0.15) is 18.4 Å². The zero-order valence-corrected chi connectivity index (χ0v) is 15.9. The van der Waals surface area contributed by atoms with E-state index in [-0.39, 0.29) is 12.5 Å². The summed E-state index contributed by atoms with van der Waals surface area (Å²) < 4.78 is 37.5. The minimum Gasteiger partial charge on any atom is -0.497 e. The number of nitrogens with two attached hydrogens (primary N) is 1. The van der Waals surface area contributed by atoms with Gasteiger partial charge in [-0.15, -0.1) is 0 Å². The Labute approximate surface area is 155 Å². The molecule has 0 amide bonds. The topological polar surface area (TPSA) is 78.6 Å². The molecule has 0 aliphatic heterocycles. The standard InChI is InChI=1S/C20H25NO4S/c1-3-25-14-20(13-21)18(15-9-11-16(24-2)12-10-15)19(20)26(22,23)17-7-5-4-6-8-17/h4-12,18-19H,3,13-14,21H2,1-2H3/t18-,19+,20-/m1/s1. The van der Waals surface area contributed by atoms with E-state index in [1.165, 1.54) is 0 Å². The van der Waals surface area contributed by atoms with E-state index in [2.05, 4.69) is 0 Å². The first-order valence-electron chi connectivity index (χ1n) is 8.72. The number of ether oxygens (including phenoxy) is 2. The molecular formula is C20H25NO4S. The van der Waals surface area contributed by atoms with Gasteiger partial charge >= 0.3 is 0 Å². The van der Waals surface area contributed by atoms with Gasteiger partial charge in [-0.05, 0) is 36.8 Å². The third-order valence-electron chi connectivity index (χ3n) is 5.22. The van der Waals surface area contributed by atoms with Crippen LogP contribution in [0.15, 0.2) is 59.5 Å². The van der Waals surface area contributed by atoms with E-state index in [1.807, 2.05) is 37.3 Å². The summed E-state index contributed by atoms with van der Waals surface area (Å²) in [5.74, 6) is 0.537. The highest BCUT2D eigenvalue weighted by Crippen LogP contribution is 2.63. The largest absolute Gasteiger partial charge is 0.497 e. The Kier molecular flexibility index (Phi) is 5.37. The molecule has 2 aromatic rings. The van der Waals surface area contributed by atoms with Gasteiger partial charge in [0.2, 0.25) is 0 Å². The molecule has 1 aliphatic rings. The molecule has 1 aliphatic carbocycles. The molecule has 1 saturated carbocycles. The van der Waals surface area contributed by atoms with Crippen LogP contribution < -0.4 is 10.5 Å². The Morgan fingerprint density at radius 2 is 1.73 bits per heavy atom. The second-order valence-electron chi connectivity index (χ2n) is 6.60. The van der Waals surface area contributed by atoms with Crippen molar-refractivity contribution in [2.45, 2.75) is 23.0 Å². The minimum absolute atomic E-state index is 0.199. The van der Waals surface area contributed by atoms with Crippen LogP contribution in [-0.4, -0.2) is 40.5 Å². The summed E-state index contributed by atoms with van der Waals surface area (Å²) >= 11 is 0. The van der Waals surface area contributed by atoms with E-state index in [0.29, 0.717) is 18.1 Å². The van der Waals surface area contributed by atoms with Crippen LogP contribution in [0.25, 0.3) is 0 Å². The Morgan fingerprint density at radius 1 is 1.08 bits per heavy atom. The maximum atomic E-state index is 13.3. The summed E-state index contributed by atoms with van der Waals surface area (Å²) in [7, 11) is -1.91. The first-order valence-corrected chi connectivity index (χ1v) is 10.3. The Morgan fingerprint density at radius 3 is 2.27 bits per heavy atom. The number of methoxy groups -OCH3 is 1. The molecule has 26 heavy (non-hydrogen) atoms. The van der Waals surface area contributed by atoms with Gasteiger partial charge < -0.3 is 15.2 Å². The Hall–Kier alpha value is -1.89. The quantitative estimate of drug-likeness (QED) is 0.767. The average Bonchev–Trinajstić information content (AvgIpc) is 3.37. The smallest absolute Gasteiger partial charge is 0.182 e. The molecule has 5 nitrogen and oxygen atoms in total. The van der Waals surface area contributed by atoms with Crippen molar-refractivity contribution >= 4 is 9.84 Å². The van der Waals surface area contributed by atoms with E-state index in [4.69, 9.17) is 15.2 Å². The molecule has 0 heterocycles. The van der Waals surface area contributed by atoms with E-state index >= 15 is 0 Å². The van der Waals surface area contributed by atoms with Crippen LogP contribution in [0.5, 0.6) is 5.75 Å². The normalized spacial score (nSPS) is 25.0. The van der Waals surface area contributed by atoms with Crippen molar-refractivity contribution in [1.29, 1.82) is 0 Å². The monoisotopic (exact) mass is 375 g/mol. The molecule has 1 fully saturated rings. The fraction of sp³-hybridized carbons (Fsp3) is 0.400. The third kappa shape index (κ3) is 3.13. The highest BCUT2D eigenvalue weighted by molar-refractivity contribution is 7.92. The lowest BCUT2D eigenvalue weighted by Gasteiger charge is -2.16. The summed E-state index contributed by atoms with van der Waals surface area (Å²) in [5.41, 5.74) is 6.42. The maximum absolute atomic E-state index is 13.3. The number of sulfone groups is 1. The molecule has 0 bridgehead atoms. The van der Waals surface area contributed by atoms with Crippen molar-refractivity contribution < 1.29 is 17.9 Å². The van der Waals surface area contributed by atoms with Crippen molar-refractivity contribution in [3.63, 3.8) is 0 Å². The molecule has 6 heteroatoms. The highest BCUT2D eigenvalue weighted by atomic mass is 32.2. The Balaban J connectivity index is 2.02. The summed E-state index contributed by atoms with van der Waals surface area (Å²) in [6, 6.07) is 16.1. The fourth-order valence-electron chi connectivity index (χ4n) is 3.78. The van der Waals surface area contributed by atoms with Crippen LogP contribution in [0, 0.1) is 5.41 Å². The molecule has 0 radical (unpaired) electrons. The van der Waals surface area contributed by atoms with Gasteiger partial charge in [-0.25, -0.2) is 8.42 Å². The third-order valence-corrected chi connectivity index (χ3v) is 7.55. The summed E-state index contributed by atoms with van der Waals surface area (Å²) in [6.07, 6.45) is 0. The van der Waals surface area contributed by atoms with Crippen LogP contribution >= 0.6 is 0 Å². The molecule has 2 N–H and O–H groups in total. The van der Waals surface area contributed by atoms with E-state index in [9.17, 15) is 8.42 Å². The average molecular weight is 375 g/mol. The zero-order valence-electron chi connectivity index (χ0n) is 15.1.